The molecule has 2 aliphatic rings. The second kappa shape index (κ2) is 10.4. The summed E-state index contributed by atoms with van der Waals surface area (Å²) in [5, 5.41) is 14.6. The summed E-state index contributed by atoms with van der Waals surface area (Å²) < 4.78 is 26.9. The van der Waals surface area contributed by atoms with E-state index in [0.717, 1.165) is 36.9 Å². The number of aromatic nitrogens is 2. The van der Waals surface area contributed by atoms with E-state index in [0.29, 0.717) is 27.7 Å². The molecular formula is C25H28ClN5O4S2. The number of rotatable bonds is 8. The van der Waals surface area contributed by atoms with Gasteiger partial charge < -0.3 is 10.6 Å². The molecule has 1 unspecified atom stereocenters. The fourth-order valence-electron chi connectivity index (χ4n) is 5.23. The summed E-state index contributed by atoms with van der Waals surface area (Å²) in [5.74, 6) is 0.362. The number of nitrogens with one attached hydrogen (secondary N) is 2. The van der Waals surface area contributed by atoms with Crippen LogP contribution in [0.2, 0.25) is 5.02 Å². The number of hydrogen-bond acceptors (Lipinski definition) is 9. The first-order valence-electron chi connectivity index (χ1n) is 12.0. The van der Waals surface area contributed by atoms with E-state index in [1.807, 2.05) is 23.6 Å². The van der Waals surface area contributed by atoms with E-state index in [-0.39, 0.29) is 24.3 Å². The topological polar surface area (TPSA) is 136 Å². The summed E-state index contributed by atoms with van der Waals surface area (Å²) in [6.07, 6.45) is 6.12. The van der Waals surface area contributed by atoms with Crippen LogP contribution in [0, 0.1) is 5.92 Å². The number of anilines is 1. The quantitative estimate of drug-likeness (QED) is 0.355. The fraction of sp³-hybridized carbons (Fsp3) is 0.400. The molecule has 37 heavy (non-hydrogen) atoms. The number of nitrogens with zero attached hydrogens (tertiary/aromatic N) is 2. The molecule has 0 amide bonds. The first-order chi connectivity index (χ1) is 17.6. The van der Waals surface area contributed by atoms with Crippen molar-refractivity contribution in [1.29, 1.82) is 0 Å². The lowest BCUT2D eigenvalue weighted by atomic mass is 9.79. The second-order valence-electron chi connectivity index (χ2n) is 9.71. The Bertz CT molecular complexity index is 1430. The molecule has 5 rings (SSSR count). The molecule has 0 saturated heterocycles. The fourth-order valence-corrected chi connectivity index (χ4v) is 6.76. The van der Waals surface area contributed by atoms with Gasteiger partial charge in [0.15, 0.2) is 0 Å². The third kappa shape index (κ3) is 5.71. The van der Waals surface area contributed by atoms with Crippen molar-refractivity contribution in [1.82, 2.24) is 15.3 Å². The molecule has 3 aromatic rings. The van der Waals surface area contributed by atoms with Gasteiger partial charge in [-0.1, -0.05) is 17.7 Å². The Morgan fingerprint density at radius 1 is 1.35 bits per heavy atom. The van der Waals surface area contributed by atoms with Crippen LogP contribution in [0.3, 0.4) is 0 Å². The lowest BCUT2D eigenvalue weighted by Crippen LogP contribution is -2.45. The van der Waals surface area contributed by atoms with E-state index >= 15 is 0 Å². The number of halogens is 1. The Hall–Kier alpha value is -2.41. The summed E-state index contributed by atoms with van der Waals surface area (Å²) in [5.41, 5.74) is 3.31. The number of nitrogens with two attached hydrogens (primary N) is 1. The van der Waals surface area contributed by atoms with Crippen LogP contribution in [0.15, 0.2) is 42.2 Å². The van der Waals surface area contributed by atoms with Crippen LogP contribution in [0.25, 0.3) is 0 Å². The summed E-state index contributed by atoms with van der Waals surface area (Å²) in [7, 11) is -3.96. The van der Waals surface area contributed by atoms with Gasteiger partial charge in [0.1, 0.15) is 12.1 Å². The molecule has 1 fully saturated rings. The highest BCUT2D eigenvalue weighted by Gasteiger charge is 2.35. The largest absolute Gasteiger partial charge is 0.367 e. The molecule has 4 N–H and O–H groups in total. The number of hydrogen-bond donors (Lipinski definition) is 3. The molecule has 3 heterocycles. The maximum atomic E-state index is 13.6. The smallest absolute Gasteiger partial charge is 0.333 e. The third-order valence-electron chi connectivity index (χ3n) is 7.19. The van der Waals surface area contributed by atoms with Gasteiger partial charge in [0.2, 0.25) is 5.78 Å². The van der Waals surface area contributed by atoms with Crippen molar-refractivity contribution in [3.05, 3.63) is 74.3 Å². The second-order valence-corrected chi connectivity index (χ2v) is 12.3. The van der Waals surface area contributed by atoms with Crippen molar-refractivity contribution < 1.29 is 17.4 Å². The molecule has 1 aliphatic heterocycles. The van der Waals surface area contributed by atoms with E-state index in [1.165, 1.54) is 29.4 Å². The zero-order valence-electron chi connectivity index (χ0n) is 20.2. The van der Waals surface area contributed by atoms with Crippen LogP contribution in [-0.2, 0) is 26.4 Å². The van der Waals surface area contributed by atoms with E-state index in [9.17, 15) is 13.2 Å². The average Bonchev–Trinajstić information content (AvgIpc) is 3.53. The molecule has 1 aromatic carbocycles. The Morgan fingerprint density at radius 3 is 3.00 bits per heavy atom. The highest BCUT2D eigenvalue weighted by molar-refractivity contribution is 7.84. The Labute approximate surface area is 225 Å². The van der Waals surface area contributed by atoms with Crippen LogP contribution in [0.1, 0.15) is 58.1 Å². The van der Waals surface area contributed by atoms with Gasteiger partial charge in [-0.05, 0) is 78.8 Å². The third-order valence-corrected chi connectivity index (χ3v) is 8.82. The zero-order valence-corrected chi connectivity index (χ0v) is 22.6. The minimum atomic E-state index is -3.96. The number of ketones is 1. The van der Waals surface area contributed by atoms with Crippen LogP contribution in [0.4, 0.5) is 5.82 Å². The average molecular weight is 562 g/mol. The Balaban J connectivity index is 1.34. The molecular weight excluding hydrogens is 534 g/mol. The standard InChI is InChI=1S/C25H28ClN5O4S2/c1-25(21-10-18(26)4-3-16(21)6-7-30-25)17-9-22(36-13-17)23(32)20-11-28-14-29-24(20)31-19-5-2-15(8-19)12-35-37(27,33)34/h3-4,9-11,13-15,19,30H,2,5-8,12H2,1H3,(H2,27,33,34)(H,28,29,31)/t15-,19+,25?/m1/s1. The van der Waals surface area contributed by atoms with Gasteiger partial charge >= 0.3 is 10.3 Å². The summed E-state index contributed by atoms with van der Waals surface area (Å²) in [4.78, 5) is 22.6. The number of carbonyl (C=O) groups excluding carboxylic acids is 1. The van der Waals surface area contributed by atoms with Crippen molar-refractivity contribution >= 4 is 44.8 Å². The van der Waals surface area contributed by atoms with Gasteiger partial charge in [0.25, 0.3) is 0 Å². The normalized spacial score (nSPS) is 23.5. The van der Waals surface area contributed by atoms with Crippen molar-refractivity contribution in [3.63, 3.8) is 0 Å². The number of fused-ring (bicyclic) bond motifs is 1. The minimum Gasteiger partial charge on any atom is -0.367 e. The molecule has 0 bridgehead atoms. The van der Waals surface area contributed by atoms with Gasteiger partial charge in [0, 0.05) is 23.8 Å². The molecule has 196 valence electrons. The molecule has 2 aromatic heterocycles. The van der Waals surface area contributed by atoms with Gasteiger partial charge in [-0.2, -0.15) is 8.42 Å². The minimum absolute atomic E-state index is 0.0287. The highest BCUT2D eigenvalue weighted by atomic mass is 35.5. The lowest BCUT2D eigenvalue weighted by molar-refractivity contribution is 0.104. The first kappa shape index (κ1) is 26.2. The van der Waals surface area contributed by atoms with Gasteiger partial charge in [-0.15, -0.1) is 11.3 Å². The molecule has 1 aliphatic carbocycles. The van der Waals surface area contributed by atoms with E-state index in [1.54, 1.807) is 0 Å². The summed E-state index contributed by atoms with van der Waals surface area (Å²) in [6, 6.07) is 7.95. The number of benzene rings is 1. The monoisotopic (exact) mass is 561 g/mol. The van der Waals surface area contributed by atoms with Crippen molar-refractivity contribution in [3.8, 4) is 0 Å². The van der Waals surface area contributed by atoms with Crippen LogP contribution >= 0.6 is 22.9 Å². The highest BCUT2D eigenvalue weighted by Crippen LogP contribution is 2.38. The lowest BCUT2D eigenvalue weighted by Gasteiger charge is -2.37. The van der Waals surface area contributed by atoms with Crippen molar-refractivity contribution in [2.24, 2.45) is 11.1 Å². The molecule has 0 radical (unpaired) electrons. The maximum Gasteiger partial charge on any atom is 0.333 e. The Morgan fingerprint density at radius 2 is 2.19 bits per heavy atom. The van der Waals surface area contributed by atoms with Gasteiger partial charge in [-0.3, -0.25) is 8.98 Å². The number of thiophene rings is 1. The predicted octanol–water partition coefficient (Wildman–Crippen LogP) is 3.63. The van der Waals surface area contributed by atoms with Gasteiger partial charge in [0.05, 0.1) is 22.6 Å². The van der Waals surface area contributed by atoms with E-state index in [4.69, 9.17) is 20.9 Å². The molecule has 9 nitrogen and oxygen atoms in total. The van der Waals surface area contributed by atoms with E-state index in [2.05, 4.69) is 33.6 Å². The van der Waals surface area contributed by atoms with Crippen molar-refractivity contribution in [2.75, 3.05) is 18.5 Å². The molecule has 12 heteroatoms. The maximum absolute atomic E-state index is 13.6. The number of carbonyl (C=O) groups is 1. The van der Waals surface area contributed by atoms with Crippen LogP contribution in [-0.4, -0.2) is 43.4 Å². The predicted molar refractivity (Wildman–Crippen MR) is 143 cm³/mol. The van der Waals surface area contributed by atoms with Crippen LogP contribution < -0.4 is 15.8 Å². The molecule has 1 saturated carbocycles. The SMILES string of the molecule is CC1(c2csc(C(=O)c3cncnc3N[C@H]3CC[C@@H](COS(N)(=O)=O)C3)c2)NCCc2ccc(Cl)cc21. The summed E-state index contributed by atoms with van der Waals surface area (Å²) >= 11 is 7.71. The van der Waals surface area contributed by atoms with Gasteiger partial charge in [-0.25, -0.2) is 15.1 Å². The summed E-state index contributed by atoms with van der Waals surface area (Å²) in [6.45, 7) is 2.99. The molecule has 0 spiro atoms. The Kier molecular flexibility index (Phi) is 7.36. The molecule has 3 atom stereocenters. The van der Waals surface area contributed by atoms with Crippen LogP contribution in [0.5, 0.6) is 0 Å². The van der Waals surface area contributed by atoms with Crippen molar-refractivity contribution in [2.45, 2.75) is 44.2 Å². The zero-order chi connectivity index (χ0) is 26.2. The van der Waals surface area contributed by atoms with E-state index < -0.39 is 15.8 Å². The first-order valence-corrected chi connectivity index (χ1v) is 14.8.